The Bertz CT molecular complexity index is 868. The van der Waals surface area contributed by atoms with E-state index in [1.807, 2.05) is 50.4 Å². The number of amides is 1. The number of rotatable bonds is 6. The SMILES string of the molecule is Cc1csc(C(=O)NCCNc2ccc(-n3nc(C)cc3C)nn2)c1. The highest BCUT2D eigenvalue weighted by Gasteiger charge is 2.07. The molecule has 0 aliphatic rings. The summed E-state index contributed by atoms with van der Waals surface area (Å²) in [5.74, 6) is 1.29. The topological polar surface area (TPSA) is 84.7 Å². The fraction of sp³-hybridized carbons (Fsp3) is 0.294. The lowest BCUT2D eigenvalue weighted by atomic mass is 10.3. The van der Waals surface area contributed by atoms with Gasteiger partial charge in [0.1, 0.15) is 5.82 Å². The predicted molar refractivity (Wildman–Crippen MR) is 98.5 cm³/mol. The summed E-state index contributed by atoms with van der Waals surface area (Å²) in [6.07, 6.45) is 0. The zero-order chi connectivity index (χ0) is 17.8. The van der Waals surface area contributed by atoms with E-state index in [9.17, 15) is 4.79 Å². The highest BCUT2D eigenvalue weighted by Crippen LogP contribution is 2.13. The number of carbonyl (C=O) groups is 1. The van der Waals surface area contributed by atoms with Gasteiger partial charge in [-0.25, -0.2) is 4.68 Å². The molecule has 3 aromatic heterocycles. The van der Waals surface area contributed by atoms with Gasteiger partial charge in [0.2, 0.25) is 0 Å². The van der Waals surface area contributed by atoms with E-state index < -0.39 is 0 Å². The van der Waals surface area contributed by atoms with Crippen molar-refractivity contribution in [3.05, 3.63) is 51.5 Å². The Balaban J connectivity index is 1.49. The molecule has 0 unspecified atom stereocenters. The van der Waals surface area contributed by atoms with Gasteiger partial charge in [-0.05, 0) is 56.0 Å². The van der Waals surface area contributed by atoms with Crippen molar-refractivity contribution in [1.29, 1.82) is 0 Å². The highest BCUT2D eigenvalue weighted by atomic mass is 32.1. The zero-order valence-electron chi connectivity index (χ0n) is 14.4. The van der Waals surface area contributed by atoms with Crippen molar-refractivity contribution in [3.8, 4) is 5.82 Å². The average Bonchev–Trinajstić information content (AvgIpc) is 3.17. The number of nitrogens with zero attached hydrogens (tertiary/aromatic N) is 4. The number of hydrogen-bond donors (Lipinski definition) is 2. The van der Waals surface area contributed by atoms with Crippen LogP contribution in [0.2, 0.25) is 0 Å². The minimum absolute atomic E-state index is 0.0501. The molecule has 1 amide bonds. The molecule has 0 aromatic carbocycles. The summed E-state index contributed by atoms with van der Waals surface area (Å²) in [6, 6.07) is 7.59. The van der Waals surface area contributed by atoms with Crippen molar-refractivity contribution in [2.75, 3.05) is 18.4 Å². The molecule has 3 rings (SSSR count). The van der Waals surface area contributed by atoms with Gasteiger partial charge in [0.25, 0.3) is 5.91 Å². The van der Waals surface area contributed by atoms with Gasteiger partial charge in [-0.3, -0.25) is 4.79 Å². The molecule has 3 heterocycles. The minimum Gasteiger partial charge on any atom is -0.367 e. The van der Waals surface area contributed by atoms with Crippen LogP contribution in [0.4, 0.5) is 5.82 Å². The second kappa shape index (κ2) is 7.43. The molecule has 3 aromatic rings. The van der Waals surface area contributed by atoms with Gasteiger partial charge >= 0.3 is 0 Å². The first-order valence-corrected chi connectivity index (χ1v) is 8.85. The maximum atomic E-state index is 11.9. The van der Waals surface area contributed by atoms with Crippen LogP contribution in [0, 0.1) is 20.8 Å². The molecular weight excluding hydrogens is 336 g/mol. The Hall–Kier alpha value is -2.74. The number of aromatic nitrogens is 4. The Morgan fingerprint density at radius 2 is 2.00 bits per heavy atom. The smallest absolute Gasteiger partial charge is 0.261 e. The molecule has 8 heteroatoms. The number of hydrogen-bond acceptors (Lipinski definition) is 6. The van der Waals surface area contributed by atoms with E-state index in [2.05, 4.69) is 25.9 Å². The highest BCUT2D eigenvalue weighted by molar-refractivity contribution is 7.12. The molecule has 0 radical (unpaired) electrons. The maximum absolute atomic E-state index is 11.9. The number of aryl methyl sites for hydroxylation is 3. The van der Waals surface area contributed by atoms with E-state index in [-0.39, 0.29) is 5.91 Å². The fourth-order valence-corrected chi connectivity index (χ4v) is 3.21. The third-order valence-corrected chi connectivity index (χ3v) is 4.59. The first kappa shape index (κ1) is 17.1. The van der Waals surface area contributed by atoms with Crippen molar-refractivity contribution in [1.82, 2.24) is 25.3 Å². The molecule has 0 saturated heterocycles. The second-order valence-electron chi connectivity index (χ2n) is 5.79. The van der Waals surface area contributed by atoms with E-state index in [0.717, 1.165) is 21.8 Å². The van der Waals surface area contributed by atoms with Gasteiger partial charge in [-0.2, -0.15) is 5.10 Å². The standard InChI is InChI=1S/C17H20N6OS/c1-11-8-14(25-10-11)17(24)19-7-6-18-15-4-5-16(21-20-15)23-13(3)9-12(2)22-23/h4-5,8-10H,6-7H2,1-3H3,(H,18,20)(H,19,24). The summed E-state index contributed by atoms with van der Waals surface area (Å²) >= 11 is 1.45. The van der Waals surface area contributed by atoms with E-state index in [0.29, 0.717) is 24.7 Å². The van der Waals surface area contributed by atoms with Gasteiger partial charge in [0.05, 0.1) is 10.6 Å². The minimum atomic E-state index is -0.0501. The lowest BCUT2D eigenvalue weighted by molar-refractivity contribution is 0.0959. The van der Waals surface area contributed by atoms with Crippen LogP contribution in [0.1, 0.15) is 26.6 Å². The molecule has 0 bridgehead atoms. The molecule has 2 N–H and O–H groups in total. The van der Waals surface area contributed by atoms with E-state index >= 15 is 0 Å². The normalized spacial score (nSPS) is 10.7. The monoisotopic (exact) mass is 356 g/mol. The Morgan fingerprint density at radius 1 is 1.16 bits per heavy atom. The molecule has 0 aliphatic heterocycles. The first-order chi connectivity index (χ1) is 12.0. The fourth-order valence-electron chi connectivity index (χ4n) is 2.40. The average molecular weight is 356 g/mol. The number of carbonyl (C=O) groups excluding carboxylic acids is 1. The van der Waals surface area contributed by atoms with Gasteiger partial charge in [-0.15, -0.1) is 21.5 Å². The van der Waals surface area contributed by atoms with Gasteiger partial charge in [0, 0.05) is 18.8 Å². The zero-order valence-corrected chi connectivity index (χ0v) is 15.2. The number of nitrogens with one attached hydrogen (secondary N) is 2. The molecule has 0 saturated carbocycles. The van der Waals surface area contributed by atoms with Crippen LogP contribution in [0.25, 0.3) is 5.82 Å². The van der Waals surface area contributed by atoms with Crippen molar-refractivity contribution >= 4 is 23.1 Å². The summed E-state index contributed by atoms with van der Waals surface area (Å²) in [7, 11) is 0. The molecule has 0 atom stereocenters. The molecule has 0 aliphatic carbocycles. The van der Waals surface area contributed by atoms with E-state index in [1.165, 1.54) is 11.3 Å². The van der Waals surface area contributed by atoms with Crippen molar-refractivity contribution in [2.45, 2.75) is 20.8 Å². The number of anilines is 1. The molecule has 25 heavy (non-hydrogen) atoms. The summed E-state index contributed by atoms with van der Waals surface area (Å²) in [4.78, 5) is 12.7. The maximum Gasteiger partial charge on any atom is 0.261 e. The summed E-state index contributed by atoms with van der Waals surface area (Å²) in [5.41, 5.74) is 3.06. The van der Waals surface area contributed by atoms with Crippen molar-refractivity contribution in [3.63, 3.8) is 0 Å². The van der Waals surface area contributed by atoms with E-state index in [4.69, 9.17) is 0 Å². The third-order valence-electron chi connectivity index (χ3n) is 3.55. The molecule has 7 nitrogen and oxygen atoms in total. The second-order valence-corrected chi connectivity index (χ2v) is 6.70. The Labute approximate surface area is 150 Å². The largest absolute Gasteiger partial charge is 0.367 e. The van der Waals surface area contributed by atoms with Crippen LogP contribution in [-0.2, 0) is 0 Å². The summed E-state index contributed by atoms with van der Waals surface area (Å²) in [5, 5.41) is 20.7. The Kier molecular flexibility index (Phi) is 5.08. The van der Waals surface area contributed by atoms with Crippen LogP contribution >= 0.6 is 11.3 Å². The van der Waals surface area contributed by atoms with E-state index in [1.54, 1.807) is 4.68 Å². The van der Waals surface area contributed by atoms with Crippen LogP contribution < -0.4 is 10.6 Å². The van der Waals surface area contributed by atoms with Crippen LogP contribution in [0.5, 0.6) is 0 Å². The van der Waals surface area contributed by atoms with Crippen molar-refractivity contribution < 1.29 is 4.79 Å². The quantitative estimate of drug-likeness (QED) is 0.663. The summed E-state index contributed by atoms with van der Waals surface area (Å²) in [6.45, 7) is 6.98. The lowest BCUT2D eigenvalue weighted by Crippen LogP contribution is -2.28. The molecule has 130 valence electrons. The van der Waals surface area contributed by atoms with Gasteiger partial charge < -0.3 is 10.6 Å². The first-order valence-electron chi connectivity index (χ1n) is 7.97. The molecule has 0 fully saturated rings. The predicted octanol–water partition coefficient (Wildman–Crippen LogP) is 2.49. The molecule has 0 spiro atoms. The summed E-state index contributed by atoms with van der Waals surface area (Å²) < 4.78 is 1.76. The van der Waals surface area contributed by atoms with Crippen LogP contribution in [-0.4, -0.2) is 39.0 Å². The number of thiophene rings is 1. The van der Waals surface area contributed by atoms with Gasteiger partial charge in [-0.1, -0.05) is 0 Å². The van der Waals surface area contributed by atoms with Crippen LogP contribution in [0.3, 0.4) is 0 Å². The Morgan fingerprint density at radius 3 is 2.60 bits per heavy atom. The van der Waals surface area contributed by atoms with Crippen LogP contribution in [0.15, 0.2) is 29.6 Å². The van der Waals surface area contributed by atoms with Crippen molar-refractivity contribution in [2.24, 2.45) is 0 Å². The third kappa shape index (κ3) is 4.21. The molecular formula is C17H20N6OS. The van der Waals surface area contributed by atoms with Gasteiger partial charge in [0.15, 0.2) is 5.82 Å². The lowest BCUT2D eigenvalue weighted by Gasteiger charge is -2.07.